The van der Waals surface area contributed by atoms with Gasteiger partial charge in [0, 0.05) is 17.7 Å². The van der Waals surface area contributed by atoms with Gasteiger partial charge in [0.15, 0.2) is 6.21 Å². The summed E-state index contributed by atoms with van der Waals surface area (Å²) in [6, 6.07) is 13.0. The van der Waals surface area contributed by atoms with Crippen LogP contribution in [0.25, 0.3) is 0 Å². The van der Waals surface area contributed by atoms with Crippen molar-refractivity contribution in [2.75, 3.05) is 0 Å². The highest BCUT2D eigenvalue weighted by Crippen LogP contribution is 2.12. The van der Waals surface area contributed by atoms with E-state index in [2.05, 4.69) is 0 Å². The van der Waals surface area contributed by atoms with Gasteiger partial charge in [0.2, 0.25) is 5.69 Å². The maximum atomic E-state index is 12.7. The molecule has 0 N–H and O–H groups in total. The lowest BCUT2D eigenvalue weighted by atomic mass is 10.2. The van der Waals surface area contributed by atoms with Crippen molar-refractivity contribution in [2.24, 2.45) is 0 Å². The zero-order valence-electron chi connectivity index (χ0n) is 9.43. The molecule has 0 atom stereocenters. The average molecular weight is 229 g/mol. The smallest absolute Gasteiger partial charge is 0.216 e. The van der Waals surface area contributed by atoms with E-state index < -0.39 is 0 Å². The summed E-state index contributed by atoms with van der Waals surface area (Å²) >= 11 is 0. The molecule has 0 saturated heterocycles. The lowest BCUT2D eigenvalue weighted by molar-refractivity contribution is -0.354. The topological polar surface area (TPSA) is 26.1 Å². The molecule has 0 spiro atoms. The summed E-state index contributed by atoms with van der Waals surface area (Å²) in [7, 11) is 0. The largest absolute Gasteiger partial charge is 0.618 e. The molecule has 2 nitrogen and oxygen atoms in total. The van der Waals surface area contributed by atoms with Crippen molar-refractivity contribution in [3.05, 3.63) is 70.7 Å². The summed E-state index contributed by atoms with van der Waals surface area (Å²) in [5, 5.41) is 11.8. The monoisotopic (exact) mass is 229 g/mol. The molecule has 0 saturated carbocycles. The van der Waals surface area contributed by atoms with Crippen LogP contribution in [0.1, 0.15) is 11.1 Å². The molecule has 0 aliphatic rings. The van der Waals surface area contributed by atoms with Crippen LogP contribution in [0, 0.1) is 17.9 Å². The van der Waals surface area contributed by atoms with E-state index in [1.165, 1.54) is 18.3 Å². The Bertz CT molecular complexity index is 529. The van der Waals surface area contributed by atoms with Gasteiger partial charge in [-0.05, 0) is 31.2 Å². The average Bonchev–Trinajstić information content (AvgIpc) is 2.33. The Morgan fingerprint density at radius 1 is 1.00 bits per heavy atom. The summed E-state index contributed by atoms with van der Waals surface area (Å²) in [4.78, 5) is 0. The second-order valence-electron chi connectivity index (χ2n) is 3.84. The van der Waals surface area contributed by atoms with Crippen LogP contribution >= 0.6 is 0 Å². The molecule has 2 aromatic rings. The Balaban J connectivity index is 2.27. The number of benzene rings is 2. The summed E-state index contributed by atoms with van der Waals surface area (Å²) < 4.78 is 13.5. The van der Waals surface area contributed by atoms with Crippen LogP contribution in [0.2, 0.25) is 0 Å². The molecule has 2 rings (SSSR count). The van der Waals surface area contributed by atoms with E-state index in [-0.39, 0.29) is 5.82 Å². The maximum absolute atomic E-state index is 12.7. The van der Waals surface area contributed by atoms with Crippen LogP contribution in [0.15, 0.2) is 48.5 Å². The number of nitrogens with zero attached hydrogens (tertiary/aromatic N) is 1. The molecule has 0 unspecified atom stereocenters. The minimum absolute atomic E-state index is 0.310. The van der Waals surface area contributed by atoms with Crippen LogP contribution in [0.5, 0.6) is 0 Å². The van der Waals surface area contributed by atoms with Gasteiger partial charge in [-0.1, -0.05) is 17.7 Å². The van der Waals surface area contributed by atoms with Gasteiger partial charge in [0.25, 0.3) is 0 Å². The Morgan fingerprint density at radius 2 is 1.59 bits per heavy atom. The maximum Gasteiger partial charge on any atom is 0.216 e. The molecule has 17 heavy (non-hydrogen) atoms. The Hall–Kier alpha value is -2.16. The molecule has 0 amide bonds. The van der Waals surface area contributed by atoms with Gasteiger partial charge < -0.3 is 5.21 Å². The second kappa shape index (κ2) is 4.78. The highest BCUT2D eigenvalue weighted by Gasteiger charge is 2.01. The number of aryl methyl sites for hydroxylation is 1. The third kappa shape index (κ3) is 2.91. The predicted octanol–water partition coefficient (Wildman–Crippen LogP) is 3.40. The highest BCUT2D eigenvalue weighted by molar-refractivity contribution is 5.76. The van der Waals surface area contributed by atoms with Crippen LogP contribution in [-0.2, 0) is 0 Å². The fourth-order valence-corrected chi connectivity index (χ4v) is 1.45. The zero-order valence-corrected chi connectivity index (χ0v) is 9.43. The summed E-state index contributed by atoms with van der Waals surface area (Å²) in [5.41, 5.74) is 2.32. The van der Waals surface area contributed by atoms with Crippen molar-refractivity contribution in [1.29, 1.82) is 0 Å². The molecule has 0 heterocycles. The third-order valence-corrected chi connectivity index (χ3v) is 2.42. The van der Waals surface area contributed by atoms with Gasteiger partial charge in [-0.3, -0.25) is 0 Å². The highest BCUT2D eigenvalue weighted by atomic mass is 19.1. The molecule has 0 radical (unpaired) electrons. The van der Waals surface area contributed by atoms with Crippen molar-refractivity contribution >= 4 is 11.9 Å². The van der Waals surface area contributed by atoms with Gasteiger partial charge in [0.05, 0.1) is 0 Å². The molecule has 0 bridgehead atoms. The standard InChI is InChI=1S/C14H12FNO/c1-11-2-8-14(9-3-11)16(17)10-12-4-6-13(15)7-5-12/h2-10H,1H3/b16-10-. The summed E-state index contributed by atoms with van der Waals surface area (Å²) in [6.07, 6.45) is 1.42. The van der Waals surface area contributed by atoms with E-state index in [1.54, 1.807) is 24.3 Å². The molecule has 3 heteroatoms. The van der Waals surface area contributed by atoms with Crippen molar-refractivity contribution < 1.29 is 9.13 Å². The van der Waals surface area contributed by atoms with E-state index in [1.807, 2.05) is 19.1 Å². The van der Waals surface area contributed by atoms with Crippen LogP contribution < -0.4 is 0 Å². The molecule has 86 valence electrons. The lowest BCUT2D eigenvalue weighted by Gasteiger charge is -2.03. The van der Waals surface area contributed by atoms with Gasteiger partial charge in [-0.25, -0.2) is 4.39 Å². The molecule has 0 aromatic heterocycles. The SMILES string of the molecule is Cc1ccc(/[N+]([O-])=C/c2ccc(F)cc2)cc1. The fourth-order valence-electron chi connectivity index (χ4n) is 1.45. The van der Waals surface area contributed by atoms with Crippen LogP contribution in [-0.4, -0.2) is 11.0 Å². The number of halogens is 1. The second-order valence-corrected chi connectivity index (χ2v) is 3.84. The van der Waals surface area contributed by atoms with Gasteiger partial charge in [-0.2, -0.15) is 4.74 Å². The molecule has 0 aliphatic carbocycles. The zero-order chi connectivity index (χ0) is 12.3. The lowest BCUT2D eigenvalue weighted by Crippen LogP contribution is -1.98. The number of hydrogen-bond donors (Lipinski definition) is 0. The first-order chi connectivity index (χ1) is 8.15. The minimum Gasteiger partial charge on any atom is -0.618 e. The number of rotatable bonds is 2. The Kier molecular flexibility index (Phi) is 3.19. The van der Waals surface area contributed by atoms with E-state index >= 15 is 0 Å². The van der Waals surface area contributed by atoms with E-state index in [9.17, 15) is 9.60 Å². The van der Waals surface area contributed by atoms with Crippen molar-refractivity contribution in [3.63, 3.8) is 0 Å². The first-order valence-electron chi connectivity index (χ1n) is 5.28. The van der Waals surface area contributed by atoms with Crippen molar-refractivity contribution in [3.8, 4) is 0 Å². The Morgan fingerprint density at radius 3 is 2.18 bits per heavy atom. The quantitative estimate of drug-likeness (QED) is 0.335. The minimum atomic E-state index is -0.310. The molecular weight excluding hydrogens is 217 g/mol. The van der Waals surface area contributed by atoms with Crippen LogP contribution in [0.4, 0.5) is 10.1 Å². The first kappa shape index (κ1) is 11.3. The Labute approximate surface area is 99.2 Å². The first-order valence-corrected chi connectivity index (χ1v) is 5.28. The predicted molar refractivity (Wildman–Crippen MR) is 66.0 cm³/mol. The molecular formula is C14H12FNO. The molecule has 0 fully saturated rings. The van der Waals surface area contributed by atoms with Gasteiger partial charge in [-0.15, -0.1) is 0 Å². The van der Waals surface area contributed by atoms with E-state index in [4.69, 9.17) is 0 Å². The number of hydrogen-bond acceptors (Lipinski definition) is 1. The van der Waals surface area contributed by atoms with Gasteiger partial charge >= 0.3 is 0 Å². The van der Waals surface area contributed by atoms with Crippen molar-refractivity contribution in [1.82, 2.24) is 0 Å². The fraction of sp³-hybridized carbons (Fsp3) is 0.0714. The summed E-state index contributed by atoms with van der Waals surface area (Å²) in [6.45, 7) is 1.96. The normalized spacial score (nSPS) is 11.5. The van der Waals surface area contributed by atoms with E-state index in [0.717, 1.165) is 10.3 Å². The third-order valence-electron chi connectivity index (χ3n) is 2.42. The summed E-state index contributed by atoms with van der Waals surface area (Å²) in [5.74, 6) is -0.310. The van der Waals surface area contributed by atoms with Crippen molar-refractivity contribution in [2.45, 2.75) is 6.92 Å². The van der Waals surface area contributed by atoms with Crippen LogP contribution in [0.3, 0.4) is 0 Å². The molecule has 0 aliphatic heterocycles. The van der Waals surface area contributed by atoms with E-state index in [0.29, 0.717) is 11.3 Å². The molecule has 2 aromatic carbocycles. The van der Waals surface area contributed by atoms with Gasteiger partial charge in [0.1, 0.15) is 5.82 Å².